The van der Waals surface area contributed by atoms with Crippen molar-refractivity contribution < 1.29 is 4.84 Å². The molecule has 3 rings (SSSR count). The van der Waals surface area contributed by atoms with Crippen LogP contribution in [0, 0.1) is 0 Å². The zero-order valence-corrected chi connectivity index (χ0v) is 16.6. The van der Waals surface area contributed by atoms with E-state index in [-0.39, 0.29) is 0 Å². The molecule has 2 N–H and O–H groups in total. The maximum Gasteiger partial charge on any atom is 0.152 e. The highest BCUT2D eigenvalue weighted by atomic mass is 32.2. The molecule has 1 aromatic carbocycles. The number of aryl methyl sites for hydroxylation is 2. The van der Waals surface area contributed by atoms with Crippen molar-refractivity contribution in [1.82, 2.24) is 19.0 Å². The van der Waals surface area contributed by atoms with Crippen molar-refractivity contribution in [1.29, 1.82) is 0 Å². The fraction of sp³-hybridized carbons (Fsp3) is 0.474. The summed E-state index contributed by atoms with van der Waals surface area (Å²) in [7, 11) is 1.71. The smallest absolute Gasteiger partial charge is 0.152 e. The average molecular weight is 374 g/mol. The molecule has 0 radical (unpaired) electrons. The van der Waals surface area contributed by atoms with E-state index >= 15 is 0 Å². The lowest BCUT2D eigenvalue weighted by Gasteiger charge is -2.16. The zero-order valence-electron chi connectivity index (χ0n) is 15.7. The van der Waals surface area contributed by atoms with Crippen LogP contribution in [0.2, 0.25) is 0 Å². The second-order valence-electron chi connectivity index (χ2n) is 6.27. The van der Waals surface area contributed by atoms with Gasteiger partial charge in [0.15, 0.2) is 5.82 Å². The standard InChI is InChI=1S/C19H27N5OS/c1-4-9-16-22-17-18(14-10-5-6-11-15(14)21-19(17)20)23(16)12-7-8-13-24(25-2)26-3/h5-6,10-11H,4,7-9,12-13H2,1-3H3,(H2,20,21). The molecule has 0 saturated heterocycles. The van der Waals surface area contributed by atoms with E-state index in [9.17, 15) is 0 Å². The third-order valence-electron chi connectivity index (χ3n) is 4.54. The number of imidazole rings is 1. The van der Waals surface area contributed by atoms with Crippen LogP contribution in [0.1, 0.15) is 32.0 Å². The lowest BCUT2D eigenvalue weighted by molar-refractivity contribution is -0.0381. The van der Waals surface area contributed by atoms with Crippen LogP contribution in [0.15, 0.2) is 24.3 Å². The molecular formula is C19H27N5OS. The summed E-state index contributed by atoms with van der Waals surface area (Å²) in [5.74, 6) is 1.61. The molecule has 0 atom stereocenters. The van der Waals surface area contributed by atoms with E-state index in [1.807, 2.05) is 28.9 Å². The minimum atomic E-state index is 0.516. The van der Waals surface area contributed by atoms with Gasteiger partial charge in [0.25, 0.3) is 0 Å². The number of aromatic nitrogens is 3. The van der Waals surface area contributed by atoms with E-state index in [4.69, 9.17) is 15.6 Å². The molecule has 26 heavy (non-hydrogen) atoms. The Morgan fingerprint density at radius 3 is 2.77 bits per heavy atom. The molecule has 0 aliphatic heterocycles. The summed E-state index contributed by atoms with van der Waals surface area (Å²) in [6.45, 7) is 4.00. The lowest BCUT2D eigenvalue weighted by Crippen LogP contribution is -2.15. The number of nitrogen functional groups attached to an aromatic ring is 1. The summed E-state index contributed by atoms with van der Waals surface area (Å²) in [5, 5.41) is 1.12. The monoisotopic (exact) mass is 373 g/mol. The molecular weight excluding hydrogens is 346 g/mol. The number of rotatable bonds is 9. The Balaban J connectivity index is 1.95. The van der Waals surface area contributed by atoms with Crippen LogP contribution in [-0.2, 0) is 17.8 Å². The predicted molar refractivity (Wildman–Crippen MR) is 110 cm³/mol. The fourth-order valence-corrected chi connectivity index (χ4v) is 3.79. The molecule has 7 heteroatoms. The van der Waals surface area contributed by atoms with Crippen LogP contribution >= 0.6 is 11.9 Å². The van der Waals surface area contributed by atoms with Crippen molar-refractivity contribution in [2.75, 3.05) is 25.6 Å². The summed E-state index contributed by atoms with van der Waals surface area (Å²) in [4.78, 5) is 14.7. The van der Waals surface area contributed by atoms with E-state index in [1.165, 1.54) is 0 Å². The first-order valence-corrected chi connectivity index (χ1v) is 10.3. The SMILES string of the molecule is CCCc1nc2c(N)nc3ccccc3c2n1CCCCN(OC)SC. The summed E-state index contributed by atoms with van der Waals surface area (Å²) in [6, 6.07) is 8.16. The van der Waals surface area contributed by atoms with Gasteiger partial charge in [0.05, 0.1) is 18.1 Å². The second kappa shape index (κ2) is 8.70. The van der Waals surface area contributed by atoms with Gasteiger partial charge < -0.3 is 10.3 Å². The largest absolute Gasteiger partial charge is 0.382 e. The molecule has 0 aliphatic rings. The molecule has 0 amide bonds. The number of hydrogen-bond acceptors (Lipinski definition) is 6. The van der Waals surface area contributed by atoms with Crippen LogP contribution in [-0.4, -0.2) is 38.9 Å². The Kier molecular flexibility index (Phi) is 6.34. The number of unbranched alkanes of at least 4 members (excludes halogenated alkanes) is 1. The summed E-state index contributed by atoms with van der Waals surface area (Å²) in [5.41, 5.74) is 9.09. The number of para-hydroxylation sites is 1. The van der Waals surface area contributed by atoms with Gasteiger partial charge in [-0.25, -0.2) is 9.97 Å². The van der Waals surface area contributed by atoms with Crippen LogP contribution in [0.25, 0.3) is 21.9 Å². The Morgan fingerprint density at radius 1 is 1.23 bits per heavy atom. The minimum Gasteiger partial charge on any atom is -0.382 e. The topological polar surface area (TPSA) is 69.2 Å². The third kappa shape index (κ3) is 3.79. The molecule has 0 saturated carbocycles. The van der Waals surface area contributed by atoms with E-state index in [1.54, 1.807) is 19.1 Å². The highest BCUT2D eigenvalue weighted by Crippen LogP contribution is 2.29. The highest BCUT2D eigenvalue weighted by Gasteiger charge is 2.16. The fourth-order valence-electron chi connectivity index (χ4n) is 3.33. The number of nitrogens with two attached hydrogens (primary N) is 1. The summed E-state index contributed by atoms with van der Waals surface area (Å²) >= 11 is 1.60. The lowest BCUT2D eigenvalue weighted by atomic mass is 10.2. The van der Waals surface area contributed by atoms with Gasteiger partial charge in [-0.1, -0.05) is 37.1 Å². The number of fused-ring (bicyclic) bond motifs is 3. The van der Waals surface area contributed by atoms with Crippen LogP contribution < -0.4 is 5.73 Å². The Hall–Kier alpha value is -1.83. The average Bonchev–Trinajstić information content (AvgIpc) is 3.02. The van der Waals surface area contributed by atoms with E-state index < -0.39 is 0 Å². The molecule has 2 aromatic heterocycles. The first-order chi connectivity index (χ1) is 12.7. The molecule has 6 nitrogen and oxygen atoms in total. The van der Waals surface area contributed by atoms with Crippen LogP contribution in [0.4, 0.5) is 5.82 Å². The number of benzene rings is 1. The first-order valence-electron chi connectivity index (χ1n) is 9.08. The van der Waals surface area contributed by atoms with Crippen molar-refractivity contribution in [3.05, 3.63) is 30.1 Å². The number of anilines is 1. The van der Waals surface area contributed by atoms with Gasteiger partial charge in [-0.2, -0.15) is 0 Å². The highest BCUT2D eigenvalue weighted by molar-refractivity contribution is 7.96. The summed E-state index contributed by atoms with van der Waals surface area (Å²) in [6.07, 6.45) is 6.13. The van der Waals surface area contributed by atoms with E-state index in [0.29, 0.717) is 5.82 Å². The molecule has 3 aromatic rings. The number of pyridine rings is 1. The van der Waals surface area contributed by atoms with Gasteiger partial charge in [0, 0.05) is 24.9 Å². The molecule has 0 bridgehead atoms. The normalized spacial score (nSPS) is 11.8. The van der Waals surface area contributed by atoms with Gasteiger partial charge in [-0.05, 0) is 31.6 Å². The summed E-state index contributed by atoms with van der Waals surface area (Å²) < 4.78 is 4.24. The van der Waals surface area contributed by atoms with Crippen molar-refractivity contribution in [2.24, 2.45) is 0 Å². The molecule has 0 unspecified atom stereocenters. The Bertz CT molecular complexity index is 875. The first kappa shape index (κ1) is 18.9. The Morgan fingerprint density at radius 2 is 2.04 bits per heavy atom. The molecule has 0 aliphatic carbocycles. The van der Waals surface area contributed by atoms with Crippen LogP contribution in [0.3, 0.4) is 0 Å². The maximum atomic E-state index is 6.22. The predicted octanol–water partition coefficient (Wildman–Crippen LogP) is 4.04. The van der Waals surface area contributed by atoms with Crippen molar-refractivity contribution in [3.8, 4) is 0 Å². The third-order valence-corrected chi connectivity index (χ3v) is 5.28. The Labute approximate surface area is 158 Å². The van der Waals surface area contributed by atoms with Gasteiger partial charge in [0.2, 0.25) is 0 Å². The van der Waals surface area contributed by atoms with Crippen molar-refractivity contribution in [3.63, 3.8) is 0 Å². The molecule has 0 spiro atoms. The number of hydroxylamine groups is 1. The molecule has 0 fully saturated rings. The maximum absolute atomic E-state index is 6.22. The quantitative estimate of drug-likeness (QED) is 0.347. The van der Waals surface area contributed by atoms with Crippen molar-refractivity contribution in [2.45, 2.75) is 39.2 Å². The van der Waals surface area contributed by atoms with Gasteiger partial charge in [-0.15, -0.1) is 4.47 Å². The molecule has 2 heterocycles. The van der Waals surface area contributed by atoms with Crippen molar-refractivity contribution >= 4 is 39.7 Å². The van der Waals surface area contributed by atoms with Gasteiger partial charge in [-0.3, -0.25) is 4.84 Å². The zero-order chi connectivity index (χ0) is 18.5. The van der Waals surface area contributed by atoms with Crippen LogP contribution in [0.5, 0.6) is 0 Å². The van der Waals surface area contributed by atoms with Gasteiger partial charge in [0.1, 0.15) is 11.3 Å². The number of nitrogens with zero attached hydrogens (tertiary/aromatic N) is 4. The van der Waals surface area contributed by atoms with E-state index in [2.05, 4.69) is 22.5 Å². The van der Waals surface area contributed by atoms with E-state index in [0.717, 1.165) is 66.5 Å². The minimum absolute atomic E-state index is 0.516. The second-order valence-corrected chi connectivity index (χ2v) is 7.04. The molecule has 140 valence electrons. The number of hydrogen-bond donors (Lipinski definition) is 1. The van der Waals surface area contributed by atoms with Gasteiger partial charge >= 0.3 is 0 Å².